The normalized spacial score (nSPS) is 21.1. The van der Waals surface area contributed by atoms with Crippen molar-refractivity contribution in [1.29, 1.82) is 0 Å². The molecule has 2 rings (SSSR count). The van der Waals surface area contributed by atoms with Crippen LogP contribution in [0.3, 0.4) is 0 Å². The van der Waals surface area contributed by atoms with Gasteiger partial charge in [0.05, 0.1) is 9.98 Å². The molecule has 1 aromatic rings. The Hall–Kier alpha value is -0.460. The van der Waals surface area contributed by atoms with Gasteiger partial charge in [-0.1, -0.05) is 11.3 Å². The molecule has 6 heteroatoms. The van der Waals surface area contributed by atoms with Crippen LogP contribution in [0.15, 0.2) is 9.98 Å². The van der Waals surface area contributed by atoms with Crippen molar-refractivity contribution in [3.05, 3.63) is 9.98 Å². The number of nitrogens with one attached hydrogen (secondary N) is 1. The van der Waals surface area contributed by atoms with E-state index in [2.05, 4.69) is 26.2 Å². The third-order valence-electron chi connectivity index (χ3n) is 1.93. The summed E-state index contributed by atoms with van der Waals surface area (Å²) in [5, 5.41) is 3.33. The molecule has 1 aliphatic rings. The fraction of sp³-hybridized carbons (Fsp3) is 0.500. The van der Waals surface area contributed by atoms with Gasteiger partial charge in [-0.05, 0) is 28.8 Å². The number of carbonyl (C=O) groups is 1. The lowest BCUT2D eigenvalue weighted by molar-refractivity contribution is -0.124. The Balaban J connectivity index is 1.93. The van der Waals surface area contributed by atoms with Crippen LogP contribution in [0, 0.1) is 0 Å². The smallest absolute Gasteiger partial charge is 0.255 e. The molecule has 1 amide bonds. The average Bonchev–Trinajstić information content (AvgIpc) is 2.75. The number of thiazole rings is 1. The van der Waals surface area contributed by atoms with Gasteiger partial charge in [-0.3, -0.25) is 10.1 Å². The summed E-state index contributed by atoms with van der Waals surface area (Å²) in [6, 6.07) is 0. The van der Waals surface area contributed by atoms with Crippen LogP contribution in [0.5, 0.6) is 0 Å². The number of aromatic nitrogens is 1. The minimum Gasteiger partial charge on any atom is -0.368 e. The van der Waals surface area contributed by atoms with E-state index in [1.807, 2.05) is 0 Å². The Bertz CT molecular complexity index is 336. The van der Waals surface area contributed by atoms with Gasteiger partial charge in [0.2, 0.25) is 0 Å². The lowest BCUT2D eigenvalue weighted by Gasteiger charge is -2.07. The summed E-state index contributed by atoms with van der Waals surface area (Å²) in [4.78, 5) is 15.6. The molecule has 0 spiro atoms. The van der Waals surface area contributed by atoms with Gasteiger partial charge in [0.25, 0.3) is 5.91 Å². The molecule has 1 aliphatic heterocycles. The Morgan fingerprint density at radius 2 is 2.64 bits per heavy atom. The average molecular weight is 277 g/mol. The van der Waals surface area contributed by atoms with E-state index in [0.717, 1.165) is 16.6 Å². The van der Waals surface area contributed by atoms with E-state index in [1.165, 1.54) is 11.3 Å². The lowest BCUT2D eigenvalue weighted by atomic mass is 10.2. The molecule has 76 valence electrons. The summed E-state index contributed by atoms with van der Waals surface area (Å²) in [7, 11) is 0. The highest BCUT2D eigenvalue weighted by atomic mass is 79.9. The number of rotatable bonds is 2. The number of hydrogen-bond donors (Lipinski definition) is 1. The first kappa shape index (κ1) is 10.1. The SMILES string of the molecule is O=C(Nc1ncc(Br)s1)C1CCCO1. The molecule has 1 N–H and O–H groups in total. The number of anilines is 1. The molecule has 1 unspecified atom stereocenters. The van der Waals surface area contributed by atoms with Gasteiger partial charge in [0, 0.05) is 6.61 Å². The Kier molecular flexibility index (Phi) is 3.15. The van der Waals surface area contributed by atoms with E-state index in [9.17, 15) is 4.79 Å². The zero-order chi connectivity index (χ0) is 9.97. The number of carbonyl (C=O) groups excluding carboxylic acids is 1. The largest absolute Gasteiger partial charge is 0.368 e. The molecule has 1 saturated heterocycles. The van der Waals surface area contributed by atoms with E-state index in [0.29, 0.717) is 11.7 Å². The molecule has 0 aliphatic carbocycles. The van der Waals surface area contributed by atoms with Gasteiger partial charge in [0.1, 0.15) is 6.10 Å². The van der Waals surface area contributed by atoms with E-state index in [4.69, 9.17) is 4.74 Å². The van der Waals surface area contributed by atoms with Crippen molar-refractivity contribution >= 4 is 38.3 Å². The van der Waals surface area contributed by atoms with E-state index >= 15 is 0 Å². The monoisotopic (exact) mass is 276 g/mol. The highest BCUT2D eigenvalue weighted by Crippen LogP contribution is 2.24. The lowest BCUT2D eigenvalue weighted by Crippen LogP contribution is -2.26. The molecule has 0 aromatic carbocycles. The van der Waals surface area contributed by atoms with Crippen LogP contribution in [-0.4, -0.2) is 23.6 Å². The van der Waals surface area contributed by atoms with Crippen molar-refractivity contribution < 1.29 is 9.53 Å². The van der Waals surface area contributed by atoms with Gasteiger partial charge < -0.3 is 4.74 Å². The van der Waals surface area contributed by atoms with Crippen LogP contribution < -0.4 is 5.32 Å². The fourth-order valence-corrected chi connectivity index (χ4v) is 2.39. The van der Waals surface area contributed by atoms with E-state index in [-0.39, 0.29) is 12.0 Å². The molecule has 1 atom stereocenters. The molecule has 1 aromatic heterocycles. The summed E-state index contributed by atoms with van der Waals surface area (Å²) in [6.45, 7) is 0.680. The highest BCUT2D eigenvalue weighted by Gasteiger charge is 2.24. The second-order valence-corrected chi connectivity index (χ2v) is 5.37. The van der Waals surface area contributed by atoms with Gasteiger partial charge in [-0.25, -0.2) is 4.98 Å². The van der Waals surface area contributed by atoms with Crippen molar-refractivity contribution in [3.63, 3.8) is 0 Å². The molecule has 0 bridgehead atoms. The third-order valence-corrected chi connectivity index (χ3v) is 3.32. The first-order chi connectivity index (χ1) is 6.75. The number of ether oxygens (including phenoxy) is 1. The maximum atomic E-state index is 11.5. The molecule has 4 nitrogen and oxygen atoms in total. The number of halogens is 1. The molecule has 14 heavy (non-hydrogen) atoms. The predicted molar refractivity (Wildman–Crippen MR) is 57.4 cm³/mol. The summed E-state index contributed by atoms with van der Waals surface area (Å²) < 4.78 is 6.15. The van der Waals surface area contributed by atoms with Crippen molar-refractivity contribution in [1.82, 2.24) is 4.98 Å². The van der Waals surface area contributed by atoms with Crippen molar-refractivity contribution in [3.8, 4) is 0 Å². The Morgan fingerprint density at radius 3 is 3.21 bits per heavy atom. The summed E-state index contributed by atoms with van der Waals surface area (Å²) in [6.07, 6.45) is 3.13. The van der Waals surface area contributed by atoms with Crippen LogP contribution >= 0.6 is 27.3 Å². The number of hydrogen-bond acceptors (Lipinski definition) is 4. The minimum atomic E-state index is -0.294. The quantitative estimate of drug-likeness (QED) is 0.899. The number of amides is 1. The zero-order valence-electron chi connectivity index (χ0n) is 7.33. The zero-order valence-corrected chi connectivity index (χ0v) is 9.73. The Morgan fingerprint density at radius 1 is 1.79 bits per heavy atom. The van der Waals surface area contributed by atoms with Crippen LogP contribution in [0.2, 0.25) is 0 Å². The van der Waals surface area contributed by atoms with Crippen molar-refractivity contribution in [2.75, 3.05) is 11.9 Å². The van der Waals surface area contributed by atoms with Gasteiger partial charge in [-0.15, -0.1) is 0 Å². The van der Waals surface area contributed by atoms with Crippen molar-refractivity contribution in [2.24, 2.45) is 0 Å². The van der Waals surface area contributed by atoms with Crippen LogP contribution in [0.4, 0.5) is 5.13 Å². The van der Waals surface area contributed by atoms with E-state index in [1.54, 1.807) is 6.20 Å². The second-order valence-electron chi connectivity index (χ2n) is 2.96. The first-order valence-corrected chi connectivity index (χ1v) is 5.90. The van der Waals surface area contributed by atoms with Crippen molar-refractivity contribution in [2.45, 2.75) is 18.9 Å². The molecular weight excluding hydrogens is 268 g/mol. The summed E-state index contributed by atoms with van der Waals surface area (Å²) in [5.74, 6) is -0.0932. The highest BCUT2D eigenvalue weighted by molar-refractivity contribution is 9.11. The molecule has 0 radical (unpaired) electrons. The van der Waals surface area contributed by atoms with Crippen LogP contribution in [0.1, 0.15) is 12.8 Å². The molecule has 0 saturated carbocycles. The van der Waals surface area contributed by atoms with Gasteiger partial charge in [-0.2, -0.15) is 0 Å². The molecule has 2 heterocycles. The van der Waals surface area contributed by atoms with Gasteiger partial charge >= 0.3 is 0 Å². The molecule has 1 fully saturated rings. The van der Waals surface area contributed by atoms with Gasteiger partial charge in [0.15, 0.2) is 5.13 Å². The standard InChI is InChI=1S/C8H9BrN2O2S/c9-6-4-10-8(14-6)11-7(12)5-2-1-3-13-5/h4-5H,1-3H2,(H,10,11,12). The van der Waals surface area contributed by atoms with E-state index < -0.39 is 0 Å². The fourth-order valence-electron chi connectivity index (χ4n) is 1.28. The first-order valence-electron chi connectivity index (χ1n) is 4.29. The summed E-state index contributed by atoms with van der Waals surface area (Å²) >= 11 is 4.67. The Labute approximate surface area is 93.8 Å². The topological polar surface area (TPSA) is 51.2 Å². The van der Waals surface area contributed by atoms with Crippen LogP contribution in [0.25, 0.3) is 0 Å². The molecular formula is C8H9BrN2O2S. The predicted octanol–water partition coefficient (Wildman–Crippen LogP) is 2.02. The maximum absolute atomic E-state index is 11.5. The third kappa shape index (κ3) is 2.31. The second kappa shape index (κ2) is 4.37. The minimum absolute atomic E-state index is 0.0932. The van der Waals surface area contributed by atoms with Crippen LogP contribution in [-0.2, 0) is 9.53 Å². The maximum Gasteiger partial charge on any atom is 0.255 e. The summed E-state index contributed by atoms with van der Waals surface area (Å²) in [5.41, 5.74) is 0. The number of nitrogens with zero attached hydrogens (tertiary/aromatic N) is 1.